The van der Waals surface area contributed by atoms with Crippen LogP contribution in [-0.4, -0.2) is 20.2 Å². The molecule has 96 valence electrons. The van der Waals surface area contributed by atoms with Gasteiger partial charge in [-0.15, -0.1) is 0 Å². The number of aryl methyl sites for hydroxylation is 1. The summed E-state index contributed by atoms with van der Waals surface area (Å²) in [5, 5.41) is 11.0. The molecule has 6 nitrogen and oxygen atoms in total. The van der Waals surface area contributed by atoms with E-state index in [1.54, 1.807) is 0 Å². The molecule has 0 fully saturated rings. The lowest BCUT2D eigenvalue weighted by molar-refractivity contribution is 0.955. The molecule has 4 N–H and O–H groups in total. The first-order chi connectivity index (χ1) is 9.22. The third-order valence-corrected chi connectivity index (χ3v) is 2.87. The highest BCUT2D eigenvalue weighted by atomic mass is 15.2. The van der Waals surface area contributed by atoms with Crippen LogP contribution in [-0.2, 0) is 6.54 Å². The second-order valence-electron chi connectivity index (χ2n) is 4.37. The van der Waals surface area contributed by atoms with Crippen molar-refractivity contribution >= 4 is 22.3 Å². The lowest BCUT2D eigenvalue weighted by atomic mass is 10.1. The first-order valence-electron chi connectivity index (χ1n) is 5.97. The quantitative estimate of drug-likeness (QED) is 0.620. The third-order valence-electron chi connectivity index (χ3n) is 2.87. The molecular weight excluding hydrogens is 240 g/mol. The van der Waals surface area contributed by atoms with E-state index in [4.69, 9.17) is 5.73 Å². The molecule has 0 aliphatic rings. The lowest BCUT2D eigenvalue weighted by Crippen LogP contribution is -2.03. The SMILES string of the molecule is Cc1cc(NCc2ncn[nH]2)c2cc(N)ccc2n1. The van der Waals surface area contributed by atoms with Gasteiger partial charge in [0.1, 0.15) is 12.2 Å². The Labute approximate surface area is 110 Å². The summed E-state index contributed by atoms with van der Waals surface area (Å²) >= 11 is 0. The van der Waals surface area contributed by atoms with Gasteiger partial charge in [-0.3, -0.25) is 10.1 Å². The second kappa shape index (κ2) is 4.56. The highest BCUT2D eigenvalue weighted by Crippen LogP contribution is 2.25. The number of benzene rings is 1. The van der Waals surface area contributed by atoms with Crippen LogP contribution in [0.5, 0.6) is 0 Å². The molecule has 19 heavy (non-hydrogen) atoms. The molecule has 2 heterocycles. The maximum absolute atomic E-state index is 5.84. The molecule has 0 saturated carbocycles. The van der Waals surface area contributed by atoms with Crippen LogP contribution in [0, 0.1) is 6.92 Å². The highest BCUT2D eigenvalue weighted by molar-refractivity contribution is 5.93. The standard InChI is InChI=1S/C13H14N6/c1-8-4-12(15-6-13-16-7-17-19-13)10-5-9(14)2-3-11(10)18-8/h2-5,7H,6,14H2,1H3,(H,15,18)(H,16,17,19). The fourth-order valence-electron chi connectivity index (χ4n) is 2.02. The van der Waals surface area contributed by atoms with Crippen LogP contribution < -0.4 is 11.1 Å². The number of aromatic amines is 1. The minimum Gasteiger partial charge on any atom is -0.399 e. The second-order valence-corrected chi connectivity index (χ2v) is 4.37. The van der Waals surface area contributed by atoms with E-state index in [0.717, 1.165) is 33.8 Å². The van der Waals surface area contributed by atoms with Gasteiger partial charge in [-0.2, -0.15) is 5.10 Å². The Bertz CT molecular complexity index is 704. The molecule has 0 bridgehead atoms. The van der Waals surface area contributed by atoms with Crippen molar-refractivity contribution in [1.29, 1.82) is 0 Å². The Balaban J connectivity index is 1.99. The van der Waals surface area contributed by atoms with Crippen molar-refractivity contribution in [2.24, 2.45) is 0 Å². The molecule has 0 saturated heterocycles. The summed E-state index contributed by atoms with van der Waals surface area (Å²) in [6.45, 7) is 2.54. The van der Waals surface area contributed by atoms with Crippen LogP contribution in [0.3, 0.4) is 0 Å². The van der Waals surface area contributed by atoms with Crippen molar-refractivity contribution in [3.8, 4) is 0 Å². The van der Waals surface area contributed by atoms with Gasteiger partial charge >= 0.3 is 0 Å². The van der Waals surface area contributed by atoms with Gasteiger partial charge in [0.25, 0.3) is 0 Å². The number of rotatable bonds is 3. The van der Waals surface area contributed by atoms with Gasteiger partial charge in [-0.05, 0) is 31.2 Å². The van der Waals surface area contributed by atoms with E-state index in [1.807, 2.05) is 31.2 Å². The van der Waals surface area contributed by atoms with Crippen molar-refractivity contribution in [2.75, 3.05) is 11.1 Å². The molecular formula is C13H14N6. The molecule has 0 atom stereocenters. The van der Waals surface area contributed by atoms with Gasteiger partial charge in [0.05, 0.1) is 12.1 Å². The van der Waals surface area contributed by atoms with Crippen LogP contribution in [0.1, 0.15) is 11.5 Å². The van der Waals surface area contributed by atoms with Crippen LogP contribution in [0.4, 0.5) is 11.4 Å². The van der Waals surface area contributed by atoms with Gasteiger partial charge in [0.2, 0.25) is 0 Å². The summed E-state index contributed by atoms with van der Waals surface area (Å²) in [4.78, 5) is 8.57. The van der Waals surface area contributed by atoms with Crippen LogP contribution in [0.25, 0.3) is 10.9 Å². The van der Waals surface area contributed by atoms with Gasteiger partial charge in [-0.25, -0.2) is 4.98 Å². The number of hydrogen-bond donors (Lipinski definition) is 3. The monoisotopic (exact) mass is 254 g/mol. The Hall–Kier alpha value is -2.63. The van der Waals surface area contributed by atoms with E-state index in [-0.39, 0.29) is 0 Å². The Kier molecular flexibility index (Phi) is 2.75. The molecule has 3 rings (SSSR count). The van der Waals surface area contributed by atoms with Gasteiger partial charge in [0, 0.05) is 22.5 Å². The molecule has 2 aromatic heterocycles. The Morgan fingerprint density at radius 1 is 1.32 bits per heavy atom. The number of nitrogens with two attached hydrogens (primary N) is 1. The van der Waals surface area contributed by atoms with E-state index in [9.17, 15) is 0 Å². The van der Waals surface area contributed by atoms with E-state index >= 15 is 0 Å². The van der Waals surface area contributed by atoms with Gasteiger partial charge < -0.3 is 11.1 Å². The summed E-state index contributed by atoms with van der Waals surface area (Å²) in [6.07, 6.45) is 1.49. The molecule has 1 aromatic carbocycles. The minimum absolute atomic E-state index is 0.577. The first-order valence-corrected chi connectivity index (χ1v) is 5.97. The Morgan fingerprint density at radius 2 is 2.21 bits per heavy atom. The minimum atomic E-state index is 0.577. The number of fused-ring (bicyclic) bond motifs is 1. The van der Waals surface area contributed by atoms with Crippen LogP contribution in [0.15, 0.2) is 30.6 Å². The van der Waals surface area contributed by atoms with Crippen molar-refractivity contribution in [3.63, 3.8) is 0 Å². The average Bonchev–Trinajstić information content (AvgIpc) is 2.89. The summed E-state index contributed by atoms with van der Waals surface area (Å²) in [5.74, 6) is 0.784. The lowest BCUT2D eigenvalue weighted by Gasteiger charge is -2.10. The van der Waals surface area contributed by atoms with Crippen molar-refractivity contribution in [3.05, 3.63) is 42.1 Å². The molecule has 0 amide bonds. The van der Waals surface area contributed by atoms with E-state index in [1.165, 1.54) is 6.33 Å². The zero-order valence-corrected chi connectivity index (χ0v) is 10.5. The number of aromatic nitrogens is 4. The number of anilines is 2. The van der Waals surface area contributed by atoms with Crippen molar-refractivity contribution in [2.45, 2.75) is 13.5 Å². The van der Waals surface area contributed by atoms with E-state index in [2.05, 4.69) is 25.5 Å². The summed E-state index contributed by atoms with van der Waals surface area (Å²) in [6, 6.07) is 7.70. The molecule has 3 aromatic rings. The largest absolute Gasteiger partial charge is 0.399 e. The Morgan fingerprint density at radius 3 is 3.00 bits per heavy atom. The number of nitrogens with one attached hydrogen (secondary N) is 2. The number of nitrogen functional groups attached to an aromatic ring is 1. The summed E-state index contributed by atoms with van der Waals surface area (Å²) in [7, 11) is 0. The zero-order chi connectivity index (χ0) is 13.2. The van der Waals surface area contributed by atoms with Gasteiger partial charge in [0.15, 0.2) is 0 Å². The third kappa shape index (κ3) is 2.33. The van der Waals surface area contributed by atoms with Crippen molar-refractivity contribution in [1.82, 2.24) is 20.2 Å². The molecule has 6 heteroatoms. The molecule has 0 radical (unpaired) electrons. The normalized spacial score (nSPS) is 10.8. The van der Waals surface area contributed by atoms with Crippen LogP contribution >= 0.6 is 0 Å². The maximum atomic E-state index is 5.84. The zero-order valence-electron chi connectivity index (χ0n) is 10.5. The fraction of sp³-hybridized carbons (Fsp3) is 0.154. The number of pyridine rings is 1. The fourth-order valence-corrected chi connectivity index (χ4v) is 2.02. The number of H-pyrrole nitrogens is 1. The highest BCUT2D eigenvalue weighted by Gasteiger charge is 2.05. The molecule has 0 aliphatic heterocycles. The molecule has 0 spiro atoms. The number of hydrogen-bond acceptors (Lipinski definition) is 5. The van der Waals surface area contributed by atoms with Crippen molar-refractivity contribution < 1.29 is 0 Å². The summed E-state index contributed by atoms with van der Waals surface area (Å²) < 4.78 is 0. The average molecular weight is 254 g/mol. The molecule has 0 unspecified atom stereocenters. The smallest absolute Gasteiger partial charge is 0.143 e. The first kappa shape index (κ1) is 11.5. The predicted octanol–water partition coefficient (Wildman–Crippen LogP) is 1.86. The van der Waals surface area contributed by atoms with Crippen LogP contribution in [0.2, 0.25) is 0 Å². The van der Waals surface area contributed by atoms with E-state index < -0.39 is 0 Å². The predicted molar refractivity (Wildman–Crippen MR) is 74.6 cm³/mol. The number of nitrogens with zero attached hydrogens (tertiary/aromatic N) is 3. The van der Waals surface area contributed by atoms with E-state index in [0.29, 0.717) is 6.54 Å². The van der Waals surface area contributed by atoms with Gasteiger partial charge in [-0.1, -0.05) is 0 Å². The molecule has 0 aliphatic carbocycles. The topological polar surface area (TPSA) is 92.5 Å². The maximum Gasteiger partial charge on any atom is 0.143 e. The summed E-state index contributed by atoms with van der Waals surface area (Å²) in [5.41, 5.74) is 9.43.